The summed E-state index contributed by atoms with van der Waals surface area (Å²) in [5, 5.41) is 3.04. The van der Waals surface area contributed by atoms with E-state index in [-0.39, 0.29) is 29.2 Å². The molecule has 7 nitrogen and oxygen atoms in total. The van der Waals surface area contributed by atoms with E-state index < -0.39 is 6.04 Å². The third kappa shape index (κ3) is 5.61. The van der Waals surface area contributed by atoms with Gasteiger partial charge in [-0.2, -0.15) is 0 Å². The van der Waals surface area contributed by atoms with Gasteiger partial charge in [0.05, 0.1) is 0 Å². The molecule has 7 heteroatoms. The Hall–Kier alpha value is -3.22. The second-order valence-corrected chi connectivity index (χ2v) is 11.5. The summed E-state index contributed by atoms with van der Waals surface area (Å²) in [5.41, 5.74) is 3.21. The number of likely N-dealkylation sites (tertiary alicyclic amines) is 1. The lowest BCUT2D eigenvalue weighted by molar-refractivity contribution is -0.135. The molecule has 3 heterocycles. The monoisotopic (exact) mass is 490 g/mol. The number of carbonyl (C=O) groups excluding carboxylic acids is 3. The maximum Gasteiger partial charge on any atom is 0.255 e. The summed E-state index contributed by atoms with van der Waals surface area (Å²) in [6.45, 7) is 11.9. The van der Waals surface area contributed by atoms with Gasteiger partial charge in [-0.05, 0) is 47.4 Å². The van der Waals surface area contributed by atoms with Gasteiger partial charge in [0.1, 0.15) is 6.04 Å². The minimum absolute atomic E-state index is 0.0612. The van der Waals surface area contributed by atoms with Gasteiger partial charge in [0, 0.05) is 49.6 Å². The van der Waals surface area contributed by atoms with Crippen molar-refractivity contribution in [3.8, 4) is 0 Å². The fourth-order valence-corrected chi connectivity index (χ4v) is 5.11. The van der Waals surface area contributed by atoms with E-state index in [9.17, 15) is 14.4 Å². The second-order valence-electron chi connectivity index (χ2n) is 11.5. The van der Waals surface area contributed by atoms with E-state index in [4.69, 9.17) is 0 Å². The first-order valence-corrected chi connectivity index (χ1v) is 13.0. The predicted molar refractivity (Wildman–Crippen MR) is 139 cm³/mol. The van der Waals surface area contributed by atoms with Crippen LogP contribution in [0.2, 0.25) is 0 Å². The fourth-order valence-electron chi connectivity index (χ4n) is 5.11. The molecule has 1 aromatic carbocycles. The summed E-state index contributed by atoms with van der Waals surface area (Å²) in [7, 11) is 0. The summed E-state index contributed by atoms with van der Waals surface area (Å²) >= 11 is 0. The summed E-state index contributed by atoms with van der Waals surface area (Å²) in [5.74, 6) is 0.211. The third-order valence-electron chi connectivity index (χ3n) is 7.04. The van der Waals surface area contributed by atoms with Crippen LogP contribution in [0.4, 0.5) is 0 Å². The number of aromatic nitrogens is 1. The molecule has 0 saturated carbocycles. The minimum Gasteiger partial charge on any atom is -0.350 e. The summed E-state index contributed by atoms with van der Waals surface area (Å²) in [4.78, 5) is 47.8. The van der Waals surface area contributed by atoms with Crippen LogP contribution in [0.25, 0.3) is 0 Å². The standard InChI is InChI=1S/C29H38N4O3/c1-19(2)24-11-10-20(17-30-24)18-31-27(35)26-22-8-6-7-9-23(22)28(36)33(26)21-12-14-32(15-13-21)25(34)16-29(3,4)5/h6-11,17,19,21,26H,12-16,18H2,1-5H3,(H,31,35). The minimum atomic E-state index is -0.668. The van der Waals surface area contributed by atoms with E-state index >= 15 is 0 Å². The van der Waals surface area contributed by atoms with Crippen LogP contribution in [0.3, 0.4) is 0 Å². The molecule has 1 atom stereocenters. The first kappa shape index (κ1) is 25.9. The quantitative estimate of drug-likeness (QED) is 0.649. The van der Waals surface area contributed by atoms with Crippen molar-refractivity contribution in [2.24, 2.45) is 5.41 Å². The SMILES string of the molecule is CC(C)c1ccc(CNC(=O)C2c3ccccc3C(=O)N2C2CCN(C(=O)CC(C)(C)C)CC2)cn1. The molecule has 1 fully saturated rings. The predicted octanol–water partition coefficient (Wildman–Crippen LogP) is 4.45. The average Bonchev–Trinajstić information content (AvgIpc) is 3.14. The van der Waals surface area contributed by atoms with Crippen molar-refractivity contribution in [1.82, 2.24) is 20.1 Å². The Balaban J connectivity index is 1.47. The van der Waals surface area contributed by atoms with Gasteiger partial charge in [0.25, 0.3) is 5.91 Å². The van der Waals surface area contributed by atoms with Crippen molar-refractivity contribution >= 4 is 17.7 Å². The average molecular weight is 491 g/mol. The molecule has 0 spiro atoms. The number of nitrogens with zero attached hydrogens (tertiary/aromatic N) is 3. The molecule has 4 rings (SSSR count). The van der Waals surface area contributed by atoms with Crippen molar-refractivity contribution in [3.05, 3.63) is 65.0 Å². The fraction of sp³-hybridized carbons (Fsp3) is 0.517. The molecule has 1 aromatic heterocycles. The van der Waals surface area contributed by atoms with E-state index in [1.165, 1.54) is 0 Å². The summed E-state index contributed by atoms with van der Waals surface area (Å²) < 4.78 is 0. The Morgan fingerprint density at radius 3 is 2.39 bits per heavy atom. The van der Waals surface area contributed by atoms with Crippen molar-refractivity contribution in [1.29, 1.82) is 0 Å². The number of benzene rings is 1. The number of rotatable bonds is 6. The van der Waals surface area contributed by atoms with Crippen molar-refractivity contribution in [3.63, 3.8) is 0 Å². The number of hydrogen-bond acceptors (Lipinski definition) is 4. The molecule has 1 unspecified atom stereocenters. The number of carbonyl (C=O) groups is 3. The molecular weight excluding hydrogens is 452 g/mol. The summed E-state index contributed by atoms with van der Waals surface area (Å²) in [6, 6.07) is 10.6. The zero-order chi connectivity index (χ0) is 26.0. The van der Waals surface area contributed by atoms with Gasteiger partial charge >= 0.3 is 0 Å². The molecule has 2 aliphatic rings. The number of hydrogen-bond donors (Lipinski definition) is 1. The maximum atomic E-state index is 13.5. The van der Waals surface area contributed by atoms with Gasteiger partial charge in [-0.3, -0.25) is 19.4 Å². The van der Waals surface area contributed by atoms with Gasteiger partial charge in [0.15, 0.2) is 0 Å². The van der Waals surface area contributed by atoms with E-state index in [1.807, 2.05) is 35.2 Å². The van der Waals surface area contributed by atoms with Crippen LogP contribution in [0, 0.1) is 5.41 Å². The largest absolute Gasteiger partial charge is 0.350 e. The Labute approximate surface area is 214 Å². The molecule has 0 aliphatic carbocycles. The molecule has 2 aromatic rings. The molecule has 36 heavy (non-hydrogen) atoms. The number of nitrogens with one attached hydrogen (secondary N) is 1. The van der Waals surface area contributed by atoms with Gasteiger partial charge in [-0.25, -0.2) is 0 Å². The first-order valence-electron chi connectivity index (χ1n) is 13.0. The molecule has 1 saturated heterocycles. The van der Waals surface area contributed by atoms with Crippen LogP contribution < -0.4 is 5.32 Å². The van der Waals surface area contributed by atoms with Crippen LogP contribution in [0.5, 0.6) is 0 Å². The van der Waals surface area contributed by atoms with Gasteiger partial charge in [0.2, 0.25) is 11.8 Å². The Kier molecular flexibility index (Phi) is 7.48. The molecule has 3 amide bonds. The molecule has 0 radical (unpaired) electrons. The molecule has 192 valence electrons. The highest BCUT2D eigenvalue weighted by molar-refractivity contribution is 6.04. The lowest BCUT2D eigenvalue weighted by Gasteiger charge is -2.39. The lowest BCUT2D eigenvalue weighted by atomic mass is 9.91. The van der Waals surface area contributed by atoms with E-state index in [0.717, 1.165) is 16.8 Å². The zero-order valence-electron chi connectivity index (χ0n) is 22.1. The summed E-state index contributed by atoms with van der Waals surface area (Å²) in [6.07, 6.45) is 3.63. The number of pyridine rings is 1. The second kappa shape index (κ2) is 10.4. The maximum absolute atomic E-state index is 13.5. The third-order valence-corrected chi connectivity index (χ3v) is 7.04. The van der Waals surface area contributed by atoms with Crippen molar-refractivity contribution < 1.29 is 14.4 Å². The topological polar surface area (TPSA) is 82.6 Å². The van der Waals surface area contributed by atoms with Crippen LogP contribution in [0.15, 0.2) is 42.6 Å². The molecule has 1 N–H and O–H groups in total. The van der Waals surface area contributed by atoms with E-state index in [2.05, 4.69) is 44.9 Å². The van der Waals surface area contributed by atoms with Crippen molar-refractivity contribution in [2.45, 2.75) is 78.4 Å². The zero-order valence-corrected chi connectivity index (χ0v) is 22.1. The highest BCUT2D eigenvalue weighted by Crippen LogP contribution is 2.38. The van der Waals surface area contributed by atoms with Crippen LogP contribution >= 0.6 is 0 Å². The first-order chi connectivity index (χ1) is 17.0. The van der Waals surface area contributed by atoms with E-state index in [1.54, 1.807) is 17.2 Å². The normalized spacial score (nSPS) is 18.5. The molecule has 2 aliphatic heterocycles. The van der Waals surface area contributed by atoms with Crippen molar-refractivity contribution in [2.75, 3.05) is 13.1 Å². The van der Waals surface area contributed by atoms with Gasteiger partial charge < -0.3 is 15.1 Å². The highest BCUT2D eigenvalue weighted by atomic mass is 16.2. The lowest BCUT2D eigenvalue weighted by Crippen LogP contribution is -2.50. The van der Waals surface area contributed by atoms with Crippen LogP contribution in [0.1, 0.15) is 93.0 Å². The molecule has 0 bridgehead atoms. The number of piperidine rings is 1. The van der Waals surface area contributed by atoms with Crippen LogP contribution in [-0.2, 0) is 16.1 Å². The number of fused-ring (bicyclic) bond motifs is 1. The Morgan fingerprint density at radius 2 is 1.78 bits per heavy atom. The Morgan fingerprint density at radius 1 is 1.08 bits per heavy atom. The van der Waals surface area contributed by atoms with Gasteiger partial charge in [-0.15, -0.1) is 0 Å². The Bertz CT molecular complexity index is 1110. The highest BCUT2D eigenvalue weighted by Gasteiger charge is 2.45. The smallest absolute Gasteiger partial charge is 0.255 e. The molecular formula is C29H38N4O3. The van der Waals surface area contributed by atoms with Crippen LogP contribution in [-0.4, -0.2) is 51.6 Å². The van der Waals surface area contributed by atoms with Gasteiger partial charge in [-0.1, -0.05) is 58.9 Å². The van der Waals surface area contributed by atoms with E-state index in [0.29, 0.717) is 50.4 Å². The number of amides is 3.